The van der Waals surface area contributed by atoms with E-state index in [-0.39, 0.29) is 5.82 Å². The molecule has 0 heterocycles. The number of benzene rings is 1. The van der Waals surface area contributed by atoms with Gasteiger partial charge in [0.05, 0.1) is 4.47 Å². The van der Waals surface area contributed by atoms with Gasteiger partial charge in [-0.2, -0.15) is 0 Å². The van der Waals surface area contributed by atoms with Gasteiger partial charge in [-0.15, -0.1) is 6.58 Å². The van der Waals surface area contributed by atoms with E-state index >= 15 is 0 Å². The number of rotatable bonds is 5. The molecule has 0 aliphatic carbocycles. The molecule has 0 bridgehead atoms. The predicted molar refractivity (Wildman–Crippen MR) is 60.6 cm³/mol. The maximum absolute atomic E-state index is 12.9. The third kappa shape index (κ3) is 3.60. The van der Waals surface area contributed by atoms with E-state index in [0.717, 1.165) is 25.1 Å². The molecule has 0 spiro atoms. The zero-order chi connectivity index (χ0) is 10.4. The Kier molecular flexibility index (Phi) is 4.84. The van der Waals surface area contributed by atoms with Crippen LogP contribution in [0.2, 0.25) is 0 Å². The molecule has 3 heteroatoms. The molecule has 0 saturated heterocycles. The molecule has 0 aliphatic heterocycles. The highest BCUT2D eigenvalue weighted by Gasteiger charge is 1.99. The van der Waals surface area contributed by atoms with Gasteiger partial charge in [0.25, 0.3) is 0 Å². The quantitative estimate of drug-likeness (QED) is 0.631. The van der Waals surface area contributed by atoms with E-state index in [0.29, 0.717) is 4.47 Å². The Morgan fingerprint density at radius 2 is 2.29 bits per heavy atom. The molecule has 0 fully saturated rings. The summed E-state index contributed by atoms with van der Waals surface area (Å²) in [7, 11) is 0. The lowest BCUT2D eigenvalue weighted by Crippen LogP contribution is -2.13. The Hall–Kier alpha value is -0.670. The molecular formula is C11H13BrFN. The van der Waals surface area contributed by atoms with Gasteiger partial charge in [0.15, 0.2) is 0 Å². The minimum Gasteiger partial charge on any atom is -0.312 e. The van der Waals surface area contributed by atoms with Crippen molar-refractivity contribution in [1.29, 1.82) is 0 Å². The summed E-state index contributed by atoms with van der Waals surface area (Å²) in [5.74, 6) is -0.222. The molecule has 0 aromatic heterocycles. The second-order valence-corrected chi connectivity index (χ2v) is 3.86. The summed E-state index contributed by atoms with van der Waals surface area (Å²) in [5.41, 5.74) is 1.07. The molecule has 0 atom stereocenters. The van der Waals surface area contributed by atoms with Crippen LogP contribution in [0.3, 0.4) is 0 Å². The fourth-order valence-electron chi connectivity index (χ4n) is 1.09. The maximum atomic E-state index is 12.9. The molecule has 14 heavy (non-hydrogen) atoms. The summed E-state index contributed by atoms with van der Waals surface area (Å²) in [6.45, 7) is 5.29. The number of hydrogen-bond acceptors (Lipinski definition) is 1. The Bertz CT molecular complexity index is 312. The normalized spacial score (nSPS) is 10.1. The summed E-state index contributed by atoms with van der Waals surface area (Å²) in [6.07, 6.45) is 2.82. The lowest BCUT2D eigenvalue weighted by molar-refractivity contribution is 0.618. The Labute approximate surface area is 92.1 Å². The molecular weight excluding hydrogens is 245 g/mol. The standard InChI is InChI=1S/C11H13BrFN/c1-2-3-6-14-8-9-4-5-11(13)10(12)7-9/h2,4-5,7,14H,1,3,6,8H2. The van der Waals surface area contributed by atoms with Gasteiger partial charge in [0, 0.05) is 6.54 Å². The second kappa shape index (κ2) is 5.94. The van der Waals surface area contributed by atoms with E-state index in [4.69, 9.17) is 0 Å². The molecule has 0 aliphatic rings. The first-order valence-corrected chi connectivity index (χ1v) is 5.29. The lowest BCUT2D eigenvalue weighted by Gasteiger charge is -2.04. The van der Waals surface area contributed by atoms with E-state index < -0.39 is 0 Å². The number of hydrogen-bond donors (Lipinski definition) is 1. The van der Waals surface area contributed by atoms with Crippen LogP contribution < -0.4 is 5.32 Å². The third-order valence-corrected chi connectivity index (χ3v) is 2.45. The van der Waals surface area contributed by atoms with Gasteiger partial charge in [0.1, 0.15) is 5.82 Å². The van der Waals surface area contributed by atoms with Crippen LogP contribution >= 0.6 is 15.9 Å². The molecule has 0 saturated carbocycles. The lowest BCUT2D eigenvalue weighted by atomic mass is 10.2. The van der Waals surface area contributed by atoms with Gasteiger partial charge in [-0.05, 0) is 46.6 Å². The van der Waals surface area contributed by atoms with Crippen molar-refractivity contribution in [3.05, 3.63) is 46.7 Å². The third-order valence-electron chi connectivity index (χ3n) is 1.84. The molecule has 1 nitrogen and oxygen atoms in total. The van der Waals surface area contributed by atoms with E-state index in [2.05, 4.69) is 27.8 Å². The van der Waals surface area contributed by atoms with Crippen molar-refractivity contribution in [2.24, 2.45) is 0 Å². The smallest absolute Gasteiger partial charge is 0.137 e. The fourth-order valence-corrected chi connectivity index (χ4v) is 1.51. The average molecular weight is 258 g/mol. The molecule has 1 aromatic rings. The Balaban J connectivity index is 2.43. The summed E-state index contributed by atoms with van der Waals surface area (Å²) in [5, 5.41) is 3.23. The average Bonchev–Trinajstić information content (AvgIpc) is 2.18. The first-order chi connectivity index (χ1) is 6.74. The van der Waals surface area contributed by atoms with Crippen LogP contribution in [-0.2, 0) is 6.54 Å². The van der Waals surface area contributed by atoms with Crippen LogP contribution in [0.25, 0.3) is 0 Å². The van der Waals surface area contributed by atoms with Gasteiger partial charge < -0.3 is 5.32 Å². The van der Waals surface area contributed by atoms with Crippen molar-refractivity contribution in [3.63, 3.8) is 0 Å². The van der Waals surface area contributed by atoms with Gasteiger partial charge in [-0.1, -0.05) is 12.1 Å². The molecule has 1 rings (SSSR count). The molecule has 0 amide bonds. The fraction of sp³-hybridized carbons (Fsp3) is 0.273. The predicted octanol–water partition coefficient (Wildman–Crippen LogP) is 3.25. The van der Waals surface area contributed by atoms with Crippen molar-refractivity contribution in [2.75, 3.05) is 6.54 Å². The van der Waals surface area contributed by atoms with Crippen LogP contribution in [-0.4, -0.2) is 6.54 Å². The first kappa shape index (κ1) is 11.4. The maximum Gasteiger partial charge on any atom is 0.137 e. The highest BCUT2D eigenvalue weighted by Crippen LogP contribution is 2.16. The molecule has 0 unspecified atom stereocenters. The molecule has 76 valence electrons. The van der Waals surface area contributed by atoms with Gasteiger partial charge >= 0.3 is 0 Å². The van der Waals surface area contributed by atoms with Gasteiger partial charge in [-0.3, -0.25) is 0 Å². The first-order valence-electron chi connectivity index (χ1n) is 4.49. The zero-order valence-electron chi connectivity index (χ0n) is 7.89. The minimum atomic E-state index is -0.222. The van der Waals surface area contributed by atoms with Crippen LogP contribution in [0.4, 0.5) is 4.39 Å². The topological polar surface area (TPSA) is 12.0 Å². The van der Waals surface area contributed by atoms with Crippen molar-refractivity contribution >= 4 is 15.9 Å². The van der Waals surface area contributed by atoms with E-state index in [1.165, 1.54) is 6.07 Å². The van der Waals surface area contributed by atoms with Crippen molar-refractivity contribution in [2.45, 2.75) is 13.0 Å². The van der Waals surface area contributed by atoms with E-state index in [9.17, 15) is 4.39 Å². The highest BCUT2D eigenvalue weighted by atomic mass is 79.9. The van der Waals surface area contributed by atoms with Crippen LogP contribution in [0.5, 0.6) is 0 Å². The molecule has 0 radical (unpaired) electrons. The highest BCUT2D eigenvalue weighted by molar-refractivity contribution is 9.10. The van der Waals surface area contributed by atoms with Gasteiger partial charge in [0.2, 0.25) is 0 Å². The zero-order valence-corrected chi connectivity index (χ0v) is 9.48. The van der Waals surface area contributed by atoms with E-state index in [1.54, 1.807) is 12.1 Å². The van der Waals surface area contributed by atoms with Crippen LogP contribution in [0.15, 0.2) is 35.3 Å². The van der Waals surface area contributed by atoms with Gasteiger partial charge in [-0.25, -0.2) is 4.39 Å². The van der Waals surface area contributed by atoms with E-state index in [1.807, 2.05) is 6.08 Å². The second-order valence-electron chi connectivity index (χ2n) is 3.00. The van der Waals surface area contributed by atoms with Crippen molar-refractivity contribution in [3.8, 4) is 0 Å². The number of halogens is 2. The monoisotopic (exact) mass is 257 g/mol. The largest absolute Gasteiger partial charge is 0.312 e. The van der Waals surface area contributed by atoms with Crippen LogP contribution in [0.1, 0.15) is 12.0 Å². The van der Waals surface area contributed by atoms with Crippen molar-refractivity contribution < 1.29 is 4.39 Å². The minimum absolute atomic E-state index is 0.222. The summed E-state index contributed by atoms with van der Waals surface area (Å²) in [6, 6.07) is 5.03. The Morgan fingerprint density at radius 3 is 2.93 bits per heavy atom. The Morgan fingerprint density at radius 1 is 1.50 bits per heavy atom. The van der Waals surface area contributed by atoms with Crippen molar-refractivity contribution in [1.82, 2.24) is 5.32 Å². The summed E-state index contributed by atoms with van der Waals surface area (Å²) >= 11 is 3.15. The van der Waals surface area contributed by atoms with Crippen LogP contribution in [0, 0.1) is 5.82 Å². The summed E-state index contributed by atoms with van der Waals surface area (Å²) in [4.78, 5) is 0. The SMILES string of the molecule is C=CCCNCc1ccc(F)c(Br)c1. The summed E-state index contributed by atoms with van der Waals surface area (Å²) < 4.78 is 13.4. The molecule has 1 N–H and O–H groups in total. The number of nitrogens with one attached hydrogen (secondary N) is 1. The molecule has 1 aromatic carbocycles.